The zero-order valence-corrected chi connectivity index (χ0v) is 47.6. The molecule has 80 heavy (non-hydrogen) atoms. The summed E-state index contributed by atoms with van der Waals surface area (Å²) in [5, 5.41) is 122. The van der Waals surface area contributed by atoms with Crippen LogP contribution in [0.2, 0.25) is 0 Å². The minimum Gasteiger partial charge on any atom is -0.460 e. The smallest absolute Gasteiger partial charge is 0.316 e. The lowest BCUT2D eigenvalue weighted by Crippen LogP contribution is -2.67. The summed E-state index contributed by atoms with van der Waals surface area (Å²) in [7, 11) is 1.20. The molecule has 1 spiro atoms. The number of aliphatic hydroxyl groups excluding tert-OH is 11. The van der Waals surface area contributed by atoms with Gasteiger partial charge in [-0.3, -0.25) is 9.59 Å². The van der Waals surface area contributed by atoms with Crippen molar-refractivity contribution in [3.63, 3.8) is 0 Å². The van der Waals surface area contributed by atoms with Crippen LogP contribution in [0.25, 0.3) is 0 Å². The van der Waals surface area contributed by atoms with Crippen molar-refractivity contribution in [3.8, 4) is 0 Å². The predicted octanol–water partition coefficient (Wildman–Crippen LogP) is -0.651. The molecule has 9 rings (SSSR count). The van der Waals surface area contributed by atoms with Crippen molar-refractivity contribution in [2.75, 3.05) is 26.9 Å². The predicted molar refractivity (Wildman–Crippen MR) is 273 cm³/mol. The Morgan fingerprint density at radius 1 is 0.688 bits per heavy atom. The Balaban J connectivity index is 0.866. The van der Waals surface area contributed by atoms with E-state index in [0.717, 1.165) is 31.3 Å². The first-order valence-electron chi connectivity index (χ1n) is 28.7. The molecule has 0 unspecified atom stereocenters. The second-order valence-electron chi connectivity index (χ2n) is 26.3. The largest absolute Gasteiger partial charge is 0.460 e. The third kappa shape index (κ3) is 10.3. The maximum atomic E-state index is 14.6. The van der Waals surface area contributed by atoms with Crippen LogP contribution < -0.4 is 0 Å². The second-order valence-corrected chi connectivity index (χ2v) is 26.3. The van der Waals surface area contributed by atoms with Gasteiger partial charge in [0.2, 0.25) is 0 Å². The molecule has 28 atom stereocenters. The highest BCUT2D eigenvalue weighted by Crippen LogP contribution is 2.76. The number of esters is 2. The molecule has 4 aliphatic carbocycles. The standard InChI is InChI=1S/C56H90O24/c1-24-42(76-48-41(68)44(37(64)30(22-58)74-48)77-47-40(67)43(70-10)36(63)29(21-57)73-47)38(65)39(66)46(72-24)78-45-35(62)28(60)23-71-49(45)75-34-15-18-53(7)27-20-33(61)56-32(14-19-54(56,8)26(27)12-13-31(53)52(34,5)6)55(9,80-50(56)69)17-11-16-51(3,4)79-25(2)59/h20,24,26,28-49,57-58,60-68H,11-19,21-23H2,1-10H3/t24-,26-,28-,29-,30-,31+,32-,33+,34+,35+,36-,37-,38-,39-,40-,41-,42-,43+,44+,45-,46+,47+,48+,49+,53-,54+,55+,56+/m1/s1. The third-order valence-corrected chi connectivity index (χ3v) is 20.8. The molecule has 5 heterocycles. The molecular formula is C56H90O24. The molecule has 24 heteroatoms. The summed E-state index contributed by atoms with van der Waals surface area (Å²) in [5.74, 6) is -0.901. The van der Waals surface area contributed by atoms with E-state index in [4.69, 9.17) is 52.1 Å². The molecule has 5 aliphatic heterocycles. The van der Waals surface area contributed by atoms with Crippen molar-refractivity contribution < 1.29 is 118 Å². The van der Waals surface area contributed by atoms with E-state index in [0.29, 0.717) is 32.1 Å². The third-order valence-electron chi connectivity index (χ3n) is 20.8. The number of rotatable bonds is 16. The zero-order valence-electron chi connectivity index (χ0n) is 47.6. The van der Waals surface area contributed by atoms with Gasteiger partial charge in [0.05, 0.1) is 38.1 Å². The summed E-state index contributed by atoms with van der Waals surface area (Å²) in [5.41, 5.74) is -3.02. The molecule has 458 valence electrons. The highest BCUT2D eigenvalue weighted by molar-refractivity contribution is 5.84. The number of aliphatic hydroxyl groups is 11. The zero-order chi connectivity index (χ0) is 58.6. The summed E-state index contributed by atoms with van der Waals surface area (Å²) in [6.45, 7) is 15.4. The van der Waals surface area contributed by atoms with Gasteiger partial charge in [-0.2, -0.15) is 0 Å². The minimum atomic E-state index is -1.91. The van der Waals surface area contributed by atoms with Crippen molar-refractivity contribution in [2.45, 2.75) is 260 Å². The van der Waals surface area contributed by atoms with Crippen LogP contribution in [0.5, 0.6) is 0 Å². The molecule has 0 aromatic heterocycles. The van der Waals surface area contributed by atoms with Gasteiger partial charge in [-0.15, -0.1) is 0 Å². The lowest BCUT2D eigenvalue weighted by molar-refractivity contribution is -0.389. The number of hydrogen-bond acceptors (Lipinski definition) is 24. The topological polar surface area (TPSA) is 358 Å². The van der Waals surface area contributed by atoms with Crippen molar-refractivity contribution in [3.05, 3.63) is 11.6 Å². The van der Waals surface area contributed by atoms with Gasteiger partial charge >= 0.3 is 11.9 Å². The van der Waals surface area contributed by atoms with Crippen molar-refractivity contribution in [1.82, 2.24) is 0 Å². The van der Waals surface area contributed by atoms with Crippen molar-refractivity contribution in [2.24, 2.45) is 39.4 Å². The summed E-state index contributed by atoms with van der Waals surface area (Å²) in [6.07, 6.45) is -23.5. The van der Waals surface area contributed by atoms with Gasteiger partial charge in [0.1, 0.15) is 102 Å². The van der Waals surface area contributed by atoms with Crippen LogP contribution in [0.15, 0.2) is 11.6 Å². The first-order chi connectivity index (χ1) is 37.5. The van der Waals surface area contributed by atoms with Crippen molar-refractivity contribution in [1.29, 1.82) is 0 Å². The van der Waals surface area contributed by atoms with Gasteiger partial charge in [0.25, 0.3) is 0 Å². The molecule has 9 aliphatic rings. The Kier molecular flexibility index (Phi) is 17.9. The Morgan fingerprint density at radius 2 is 1.29 bits per heavy atom. The maximum Gasteiger partial charge on any atom is 0.316 e. The molecule has 0 bridgehead atoms. The summed E-state index contributed by atoms with van der Waals surface area (Å²) < 4.78 is 65.4. The van der Waals surface area contributed by atoms with Crippen LogP contribution in [0, 0.1) is 39.4 Å². The number of carbonyl (C=O) groups excluding carboxylic acids is 2. The van der Waals surface area contributed by atoms with Crippen LogP contribution in [-0.2, 0) is 61.7 Å². The summed E-state index contributed by atoms with van der Waals surface area (Å²) in [4.78, 5) is 26.3. The van der Waals surface area contributed by atoms with E-state index in [9.17, 15) is 65.8 Å². The van der Waals surface area contributed by atoms with Gasteiger partial charge in [0, 0.05) is 20.0 Å². The van der Waals surface area contributed by atoms with E-state index < -0.39 is 175 Å². The fourth-order valence-electron chi connectivity index (χ4n) is 16.7. The quantitative estimate of drug-likeness (QED) is 0.0520. The molecule has 0 amide bonds. The number of hydrogen-bond donors (Lipinski definition) is 11. The van der Waals surface area contributed by atoms with Gasteiger partial charge < -0.3 is 108 Å². The van der Waals surface area contributed by atoms with E-state index in [2.05, 4.69) is 27.7 Å². The highest BCUT2D eigenvalue weighted by Gasteiger charge is 2.79. The van der Waals surface area contributed by atoms with E-state index in [1.807, 2.05) is 26.8 Å². The minimum absolute atomic E-state index is 0.000531. The molecule has 0 aromatic rings. The number of cyclic esters (lactones) is 1. The SMILES string of the molecule is CO[C@@H]1[C@@H](O)[C@H](O[C@@H]2[C@@H](O)[C@H](O[C@H]3[C@H](O)[C@@H](O)[C@H](O[C@H]4[C@H](O[C@H]5CC[C@]6(C)C7=C[C@H](O)[C@]89C(=O)O[C@@](C)(CCCC(C)(C)OC(C)=O)[C@H]8CC[C@@]9(C)[C@@H]7CC[C@H]6C5(C)C)OC[C@@H](O)[C@@H]4O)O[C@@H]3C)O[C@H](CO)[C@H]2O)O[C@H](CO)[C@H]1O. The Morgan fingerprint density at radius 3 is 1.91 bits per heavy atom. The fourth-order valence-corrected chi connectivity index (χ4v) is 16.7. The Hall–Kier alpha value is -2.12. The monoisotopic (exact) mass is 1150 g/mol. The molecule has 0 radical (unpaired) electrons. The first-order valence-corrected chi connectivity index (χ1v) is 28.7. The van der Waals surface area contributed by atoms with E-state index in [1.54, 1.807) is 0 Å². The Bertz CT molecular complexity index is 2230. The van der Waals surface area contributed by atoms with Crippen LogP contribution in [0.4, 0.5) is 0 Å². The number of fused-ring (bicyclic) bond motifs is 4. The number of allylic oxidation sites excluding steroid dienone is 1. The number of methoxy groups -OCH3 is 1. The van der Waals surface area contributed by atoms with Gasteiger partial charge in [0.15, 0.2) is 25.2 Å². The first kappa shape index (κ1) is 62.4. The molecule has 24 nitrogen and oxygen atoms in total. The van der Waals surface area contributed by atoms with Crippen LogP contribution in [0.1, 0.15) is 120 Å². The molecule has 11 N–H and O–H groups in total. The molecule has 0 aromatic carbocycles. The normalized spacial score (nSPS) is 51.1. The molecule has 8 fully saturated rings. The Labute approximate surface area is 466 Å². The van der Waals surface area contributed by atoms with Gasteiger partial charge in [-0.05, 0) is 114 Å². The van der Waals surface area contributed by atoms with Crippen LogP contribution in [0.3, 0.4) is 0 Å². The number of carbonyl (C=O) groups is 2. The number of ether oxygens (including phenoxy) is 11. The lowest BCUT2D eigenvalue weighted by atomic mass is 9.40. The molecule has 5 saturated heterocycles. The average molecular weight is 1150 g/mol. The fraction of sp³-hybridized carbons (Fsp3) is 0.929. The maximum absolute atomic E-state index is 14.6. The summed E-state index contributed by atoms with van der Waals surface area (Å²) >= 11 is 0. The van der Waals surface area contributed by atoms with Crippen LogP contribution in [-0.4, -0.2) is 235 Å². The lowest BCUT2D eigenvalue weighted by Gasteiger charge is -2.64. The van der Waals surface area contributed by atoms with Gasteiger partial charge in [-0.1, -0.05) is 39.3 Å². The highest BCUT2D eigenvalue weighted by atomic mass is 16.8. The van der Waals surface area contributed by atoms with Gasteiger partial charge in [-0.25, -0.2) is 0 Å². The second kappa shape index (κ2) is 23.0. The average Bonchev–Trinajstić information content (AvgIpc) is 3.82. The molecular weight excluding hydrogens is 1060 g/mol. The molecule has 3 saturated carbocycles. The van der Waals surface area contributed by atoms with E-state index >= 15 is 0 Å². The van der Waals surface area contributed by atoms with Crippen molar-refractivity contribution >= 4 is 11.9 Å². The summed E-state index contributed by atoms with van der Waals surface area (Å²) in [6, 6.07) is 0. The van der Waals surface area contributed by atoms with E-state index in [1.165, 1.54) is 21.0 Å². The van der Waals surface area contributed by atoms with E-state index in [-0.39, 0.29) is 36.3 Å². The van der Waals surface area contributed by atoms with Crippen LogP contribution >= 0.6 is 0 Å².